The van der Waals surface area contributed by atoms with Gasteiger partial charge in [0.1, 0.15) is 91.6 Å². The Labute approximate surface area is 534 Å². The molecule has 15 N–H and O–H groups in total. The van der Waals surface area contributed by atoms with Gasteiger partial charge in [-0.3, -0.25) is 0 Å². The van der Waals surface area contributed by atoms with E-state index in [1.54, 1.807) is 39.8 Å². The van der Waals surface area contributed by atoms with Crippen molar-refractivity contribution in [3.05, 3.63) is 34.9 Å². The third kappa shape index (κ3) is 11.8. The van der Waals surface area contributed by atoms with Crippen LogP contribution >= 0.6 is 0 Å². The lowest BCUT2D eigenvalue weighted by molar-refractivity contribution is -0.406. The van der Waals surface area contributed by atoms with Gasteiger partial charge in [-0.2, -0.15) is 0 Å². The van der Waals surface area contributed by atoms with E-state index in [0.717, 1.165) is 5.57 Å². The van der Waals surface area contributed by atoms with Crippen LogP contribution in [0.5, 0.6) is 0 Å². The number of esters is 2. The van der Waals surface area contributed by atoms with E-state index in [-0.39, 0.29) is 35.8 Å². The Hall–Kier alpha value is -3.25. The molecule has 4 aliphatic heterocycles. The molecule has 28 heteroatoms. The van der Waals surface area contributed by atoms with E-state index in [4.69, 9.17) is 47.4 Å². The maximum Gasteiger partial charge on any atom is 0.335 e. The molecule has 0 bridgehead atoms. The Balaban J connectivity index is 1.07. The SMILES string of the molecule is C/C=C(/C)C(=O)O[C@H]1[C@H](OC(=O)/C(C)=C\C)[C@]2(CO)[C@H](O)[C@H](O)[C@]3(C)C(=CC[C@@H]4[C@@]5(C)CC[C@H](O[C@@H]6O[C@H](C(=O)O)[C@@H](O)[C@H](O[C@@H]7O[C@H](CO)[C@H](O)[C@H](O)[C@H]7O[C@@H]7O[C@@H](C)[C@H](O)[C@@H](O)[C@H]7O)[C@H]6O[C@@H]6O[C@H](CO)[C@@H](O)[C@H](O)[C@H]6O)C(C)(C)[C@@H]5CC[C@]43C)[C@@H]2CC1(C)C. The Kier molecular flexibility index (Phi) is 21.3. The van der Waals surface area contributed by atoms with Gasteiger partial charge in [-0.25, -0.2) is 14.4 Å². The predicted octanol–water partition coefficient (Wildman–Crippen LogP) is -1.52. The Morgan fingerprint density at radius 3 is 1.66 bits per heavy atom. The minimum atomic E-state index is -2.31. The first-order valence-electron chi connectivity index (χ1n) is 32.1. The van der Waals surface area contributed by atoms with Gasteiger partial charge in [0.05, 0.1) is 49.7 Å². The molecule has 0 spiro atoms. The summed E-state index contributed by atoms with van der Waals surface area (Å²) in [5.41, 5.74) is -4.87. The maximum atomic E-state index is 13.9. The fraction of sp³-hybridized carbons (Fsp3) is 0.859. The number of aliphatic hydroxyl groups excluding tert-OH is 14. The number of hydrogen-bond acceptors (Lipinski definition) is 27. The zero-order chi connectivity index (χ0) is 68.2. The fourth-order valence-corrected chi connectivity index (χ4v) is 17.8. The number of rotatable bonds is 16. The molecular weight excluding hydrogens is 1220 g/mol. The highest BCUT2D eigenvalue weighted by atomic mass is 16.8. The summed E-state index contributed by atoms with van der Waals surface area (Å²) < 4.78 is 61.7. The van der Waals surface area contributed by atoms with E-state index in [1.807, 2.05) is 34.6 Å². The van der Waals surface area contributed by atoms with Crippen molar-refractivity contribution in [2.75, 3.05) is 19.8 Å². The van der Waals surface area contributed by atoms with Crippen LogP contribution in [-0.4, -0.2) is 268 Å². The summed E-state index contributed by atoms with van der Waals surface area (Å²) in [6.45, 7) is 19.2. The molecule has 9 rings (SSSR count). The molecule has 0 unspecified atom stereocenters. The molecular formula is C64H100O28. The van der Waals surface area contributed by atoms with Gasteiger partial charge in [0, 0.05) is 22.0 Å². The lowest BCUT2D eigenvalue weighted by atomic mass is 9.32. The van der Waals surface area contributed by atoms with Gasteiger partial charge in [0.2, 0.25) is 0 Å². The first-order chi connectivity index (χ1) is 42.9. The van der Waals surface area contributed by atoms with Crippen LogP contribution in [0.2, 0.25) is 0 Å². The van der Waals surface area contributed by atoms with Crippen molar-refractivity contribution in [2.45, 2.75) is 275 Å². The highest BCUT2D eigenvalue weighted by Gasteiger charge is 2.77. The average molecular weight is 1320 g/mol. The number of aliphatic hydroxyl groups is 14. The summed E-state index contributed by atoms with van der Waals surface area (Å²) in [6.07, 6.45) is -37.8. The number of hydrogen-bond donors (Lipinski definition) is 15. The summed E-state index contributed by atoms with van der Waals surface area (Å²) in [4.78, 5) is 40.9. The topological polar surface area (TPSA) is 447 Å². The molecule has 4 heterocycles. The summed E-state index contributed by atoms with van der Waals surface area (Å²) in [7, 11) is 0. The maximum absolute atomic E-state index is 13.9. The molecule has 0 aromatic rings. The van der Waals surface area contributed by atoms with Crippen LogP contribution in [-0.2, 0) is 61.8 Å². The van der Waals surface area contributed by atoms with Crippen LogP contribution < -0.4 is 0 Å². The normalized spacial score (nSPS) is 50.2. The van der Waals surface area contributed by atoms with Crippen LogP contribution in [0.1, 0.15) is 122 Å². The van der Waals surface area contributed by atoms with Crippen LogP contribution in [0.15, 0.2) is 34.9 Å². The van der Waals surface area contributed by atoms with E-state index in [2.05, 4.69) is 19.9 Å². The predicted molar refractivity (Wildman–Crippen MR) is 314 cm³/mol. The zero-order valence-corrected chi connectivity index (χ0v) is 54.3. The quantitative estimate of drug-likeness (QED) is 0.0361. The molecule has 9 aliphatic rings. The van der Waals surface area contributed by atoms with E-state index in [1.165, 1.54) is 6.92 Å². The molecule has 8 fully saturated rings. The molecule has 28 nitrogen and oxygen atoms in total. The molecule has 0 amide bonds. The first-order valence-corrected chi connectivity index (χ1v) is 32.1. The fourth-order valence-electron chi connectivity index (χ4n) is 17.8. The number of fused-ring (bicyclic) bond motifs is 7. The first kappa shape index (κ1) is 73.0. The van der Waals surface area contributed by atoms with Gasteiger partial charge in [-0.1, -0.05) is 72.3 Å². The number of ether oxygens (including phenoxy) is 10. The van der Waals surface area contributed by atoms with Crippen LogP contribution in [0.4, 0.5) is 0 Å². The lowest BCUT2D eigenvalue weighted by Gasteiger charge is -2.73. The Morgan fingerprint density at radius 2 is 1.10 bits per heavy atom. The molecule has 4 saturated heterocycles. The standard InChI is InChI=1S/C64H100O28/c1-13-25(3)53(81)91-50-51(92-54(82)26(4)14-2)64(24-67)29(21-59(50,6)7)28-15-16-33-61(10)19-18-34(60(8,9)32(61)17-20-62(33,11)63(28,12)48(77)49(64)78)86-58-47(90-56-42(75)39(72)36(69)30(22-65)84-56)44(43(76)45(88-58)52(79)80)87-57-46(40(73)37(70)31(23-66)85-57)89-55-41(74)38(71)35(68)27(5)83-55/h13-15,27,29-51,55-58,65-78H,16-24H2,1-12H3,(H,79,80)/b25-13-,26-14-/t27-,29-,30+,31+,32-,33+,34-,35-,36+,37-,38+,39-,40-,41+,42+,43-,44-,45-,46+,47+,48-,49+,50-,51-,55-,56-,57-,58+,61-,62+,63-,64-/m0/s1. The van der Waals surface area contributed by atoms with Gasteiger partial charge >= 0.3 is 17.9 Å². The number of carboxylic acids is 1. The van der Waals surface area contributed by atoms with Crippen LogP contribution in [0.3, 0.4) is 0 Å². The van der Waals surface area contributed by atoms with E-state index < -0.39 is 229 Å². The van der Waals surface area contributed by atoms with Crippen molar-refractivity contribution < 1.29 is 138 Å². The highest BCUT2D eigenvalue weighted by molar-refractivity contribution is 5.89. The second-order valence-corrected chi connectivity index (χ2v) is 29.3. The van der Waals surface area contributed by atoms with Crippen molar-refractivity contribution in [3.63, 3.8) is 0 Å². The zero-order valence-electron chi connectivity index (χ0n) is 54.3. The van der Waals surface area contributed by atoms with Crippen molar-refractivity contribution >= 4 is 17.9 Å². The smallest absolute Gasteiger partial charge is 0.335 e. The summed E-state index contributed by atoms with van der Waals surface area (Å²) in [5, 5.41) is 170. The number of carboxylic acid groups (broad SMARTS) is 1. The van der Waals surface area contributed by atoms with Gasteiger partial charge in [-0.05, 0) is 107 Å². The van der Waals surface area contributed by atoms with Gasteiger partial charge < -0.3 is 124 Å². The van der Waals surface area contributed by atoms with Crippen molar-refractivity contribution in [1.29, 1.82) is 0 Å². The van der Waals surface area contributed by atoms with E-state index >= 15 is 0 Å². The van der Waals surface area contributed by atoms with Crippen LogP contribution in [0.25, 0.3) is 0 Å². The second kappa shape index (κ2) is 26.9. The number of carbonyl (C=O) groups is 3. The third-order valence-corrected chi connectivity index (χ3v) is 23.8. The van der Waals surface area contributed by atoms with E-state index in [9.17, 15) is 91.0 Å². The number of carbonyl (C=O) groups excluding carboxylic acids is 2. The molecule has 5 aliphatic carbocycles. The monoisotopic (exact) mass is 1320 g/mol. The average Bonchev–Trinajstić information content (AvgIpc) is 0.663. The largest absolute Gasteiger partial charge is 0.479 e. The third-order valence-electron chi connectivity index (χ3n) is 23.8. The minimum absolute atomic E-state index is 0.220. The molecule has 92 heavy (non-hydrogen) atoms. The summed E-state index contributed by atoms with van der Waals surface area (Å²) >= 11 is 0. The Bertz CT molecular complexity index is 2760. The number of aliphatic carboxylic acids is 1. The molecule has 32 atom stereocenters. The molecule has 0 radical (unpaired) electrons. The van der Waals surface area contributed by atoms with Gasteiger partial charge in [-0.15, -0.1) is 0 Å². The second-order valence-electron chi connectivity index (χ2n) is 29.3. The molecule has 4 saturated carbocycles. The van der Waals surface area contributed by atoms with Gasteiger partial charge in [0.15, 0.2) is 37.4 Å². The lowest BCUT2D eigenvalue weighted by Crippen LogP contribution is -2.76. The Morgan fingerprint density at radius 1 is 0.576 bits per heavy atom. The van der Waals surface area contributed by atoms with Gasteiger partial charge in [0.25, 0.3) is 0 Å². The molecule has 0 aromatic carbocycles. The minimum Gasteiger partial charge on any atom is -0.479 e. The van der Waals surface area contributed by atoms with E-state index in [0.29, 0.717) is 25.7 Å². The van der Waals surface area contributed by atoms with Crippen LogP contribution in [0, 0.1) is 50.2 Å². The number of allylic oxidation sites excluding steroid dienone is 3. The highest BCUT2D eigenvalue weighted by Crippen LogP contribution is 2.76. The van der Waals surface area contributed by atoms with Crippen molar-refractivity contribution in [1.82, 2.24) is 0 Å². The summed E-state index contributed by atoms with van der Waals surface area (Å²) in [6, 6.07) is 0. The summed E-state index contributed by atoms with van der Waals surface area (Å²) in [5.74, 6) is -4.35. The molecule has 0 aromatic heterocycles. The van der Waals surface area contributed by atoms with Crippen molar-refractivity contribution in [2.24, 2.45) is 50.2 Å². The molecule has 524 valence electrons. The van der Waals surface area contributed by atoms with Crippen molar-refractivity contribution in [3.8, 4) is 0 Å².